The van der Waals surface area contributed by atoms with E-state index in [4.69, 9.17) is 16.3 Å². The Morgan fingerprint density at radius 2 is 2.33 bits per heavy atom. The topological polar surface area (TPSA) is 21.3 Å². The predicted molar refractivity (Wildman–Crippen MR) is 62.6 cm³/mol. The van der Waals surface area contributed by atoms with Crippen LogP contribution in [0, 0.1) is 0 Å². The number of benzene rings is 1. The van der Waals surface area contributed by atoms with E-state index in [1.807, 2.05) is 18.2 Å². The van der Waals surface area contributed by atoms with Crippen molar-refractivity contribution in [3.63, 3.8) is 0 Å². The van der Waals surface area contributed by atoms with Crippen LogP contribution in [-0.2, 0) is 0 Å². The molecule has 3 heteroatoms. The van der Waals surface area contributed by atoms with Gasteiger partial charge in [-0.05, 0) is 31.7 Å². The fourth-order valence-electron chi connectivity index (χ4n) is 2.06. The van der Waals surface area contributed by atoms with Gasteiger partial charge in [-0.2, -0.15) is 0 Å². The number of rotatable bonds is 2. The smallest absolute Gasteiger partial charge is 0.124 e. The quantitative estimate of drug-likeness (QED) is 0.835. The molecule has 2 rings (SSSR count). The summed E-state index contributed by atoms with van der Waals surface area (Å²) in [4.78, 5) is 0. The van der Waals surface area contributed by atoms with E-state index >= 15 is 0 Å². The number of hydrogen-bond donors (Lipinski definition) is 1. The van der Waals surface area contributed by atoms with Crippen molar-refractivity contribution in [3.8, 4) is 5.75 Å². The summed E-state index contributed by atoms with van der Waals surface area (Å²) in [5.41, 5.74) is 1.18. The van der Waals surface area contributed by atoms with Gasteiger partial charge in [0.25, 0.3) is 0 Å². The normalized spacial score (nSPS) is 24.5. The molecule has 1 heterocycles. The second kappa shape index (κ2) is 4.42. The van der Waals surface area contributed by atoms with Crippen molar-refractivity contribution in [1.82, 2.24) is 5.32 Å². The van der Waals surface area contributed by atoms with Crippen LogP contribution in [0.3, 0.4) is 0 Å². The van der Waals surface area contributed by atoms with Crippen LogP contribution in [0.15, 0.2) is 18.2 Å². The van der Waals surface area contributed by atoms with E-state index in [2.05, 4.69) is 19.2 Å². The lowest BCUT2D eigenvalue weighted by molar-refractivity contribution is 0.167. The van der Waals surface area contributed by atoms with Crippen molar-refractivity contribution in [2.45, 2.75) is 32.4 Å². The molecule has 2 nitrogen and oxygen atoms in total. The van der Waals surface area contributed by atoms with Crippen molar-refractivity contribution in [2.24, 2.45) is 0 Å². The largest absolute Gasteiger partial charge is 0.490 e. The highest BCUT2D eigenvalue weighted by molar-refractivity contribution is 6.30. The van der Waals surface area contributed by atoms with Gasteiger partial charge in [-0.15, -0.1) is 0 Å². The predicted octanol–water partition coefficient (Wildman–Crippen LogP) is 3.16. The molecule has 0 saturated carbocycles. The van der Waals surface area contributed by atoms with Gasteiger partial charge in [-0.1, -0.05) is 18.5 Å². The Hall–Kier alpha value is -0.730. The molecular formula is C12H16ClNO. The molecule has 82 valence electrons. The Morgan fingerprint density at radius 1 is 1.53 bits per heavy atom. The zero-order valence-corrected chi connectivity index (χ0v) is 9.84. The number of fused-ring (bicyclic) bond motifs is 1. The summed E-state index contributed by atoms with van der Waals surface area (Å²) >= 11 is 6.00. The van der Waals surface area contributed by atoms with E-state index < -0.39 is 0 Å². The molecule has 1 aliphatic rings. The van der Waals surface area contributed by atoms with E-state index in [9.17, 15) is 0 Å². The number of halogens is 1. The minimum atomic E-state index is 0.266. The van der Waals surface area contributed by atoms with Gasteiger partial charge in [0.15, 0.2) is 0 Å². The molecule has 15 heavy (non-hydrogen) atoms. The summed E-state index contributed by atoms with van der Waals surface area (Å²) in [5.74, 6) is 0.962. The lowest BCUT2D eigenvalue weighted by Gasteiger charge is -2.31. The molecule has 1 aliphatic heterocycles. The van der Waals surface area contributed by atoms with Crippen LogP contribution in [0.25, 0.3) is 0 Å². The Labute approximate surface area is 95.6 Å². The summed E-state index contributed by atoms with van der Waals surface area (Å²) in [6.07, 6.45) is 1.27. The summed E-state index contributed by atoms with van der Waals surface area (Å²) in [7, 11) is 0. The average molecular weight is 226 g/mol. The van der Waals surface area contributed by atoms with Crippen LogP contribution in [0.2, 0.25) is 5.02 Å². The molecule has 2 atom stereocenters. The molecule has 0 amide bonds. The van der Waals surface area contributed by atoms with Crippen molar-refractivity contribution in [2.75, 3.05) is 6.54 Å². The monoisotopic (exact) mass is 225 g/mol. The first-order valence-electron chi connectivity index (χ1n) is 5.40. The maximum atomic E-state index is 6.00. The molecule has 0 spiro atoms. The standard InChI is InChI=1S/C12H16ClNO/c1-3-14-11-6-8(2)15-12-5-4-9(13)7-10(11)12/h4-5,7-8,11,14H,3,6H2,1-2H3. The van der Waals surface area contributed by atoms with Crippen molar-refractivity contribution in [3.05, 3.63) is 28.8 Å². The fraction of sp³-hybridized carbons (Fsp3) is 0.500. The minimum absolute atomic E-state index is 0.266. The first-order valence-corrected chi connectivity index (χ1v) is 5.78. The zero-order valence-electron chi connectivity index (χ0n) is 9.09. The van der Waals surface area contributed by atoms with Gasteiger partial charge in [0, 0.05) is 23.0 Å². The second-order valence-corrected chi connectivity index (χ2v) is 4.39. The molecule has 1 aromatic carbocycles. The van der Waals surface area contributed by atoms with Gasteiger partial charge in [0.2, 0.25) is 0 Å². The lowest BCUT2D eigenvalue weighted by atomic mass is 9.97. The molecule has 0 radical (unpaired) electrons. The van der Waals surface area contributed by atoms with Gasteiger partial charge >= 0.3 is 0 Å². The first-order chi connectivity index (χ1) is 7.20. The highest BCUT2D eigenvalue weighted by atomic mass is 35.5. The van der Waals surface area contributed by atoms with Gasteiger partial charge in [0.1, 0.15) is 5.75 Å². The van der Waals surface area contributed by atoms with Crippen molar-refractivity contribution < 1.29 is 4.74 Å². The fourth-order valence-corrected chi connectivity index (χ4v) is 2.24. The molecule has 2 unspecified atom stereocenters. The van der Waals surface area contributed by atoms with Crippen molar-refractivity contribution >= 4 is 11.6 Å². The summed E-state index contributed by atoms with van der Waals surface area (Å²) < 4.78 is 5.76. The van der Waals surface area contributed by atoms with Crippen molar-refractivity contribution in [1.29, 1.82) is 0 Å². The van der Waals surface area contributed by atoms with E-state index in [0.717, 1.165) is 23.7 Å². The summed E-state index contributed by atoms with van der Waals surface area (Å²) in [6, 6.07) is 6.20. The van der Waals surface area contributed by atoms with Gasteiger partial charge in [-0.3, -0.25) is 0 Å². The molecule has 0 aliphatic carbocycles. The Kier molecular flexibility index (Phi) is 3.17. The molecular weight excluding hydrogens is 210 g/mol. The van der Waals surface area contributed by atoms with E-state index in [1.54, 1.807) is 0 Å². The third-order valence-electron chi connectivity index (χ3n) is 2.69. The molecule has 1 N–H and O–H groups in total. The second-order valence-electron chi connectivity index (χ2n) is 3.96. The number of ether oxygens (including phenoxy) is 1. The van der Waals surface area contributed by atoms with Gasteiger partial charge < -0.3 is 10.1 Å². The SMILES string of the molecule is CCNC1CC(C)Oc2ccc(Cl)cc21. The first kappa shape index (κ1) is 10.8. The van der Waals surface area contributed by atoms with Crippen LogP contribution < -0.4 is 10.1 Å². The third kappa shape index (κ3) is 2.27. The Morgan fingerprint density at radius 3 is 3.07 bits per heavy atom. The highest BCUT2D eigenvalue weighted by Crippen LogP contribution is 2.36. The van der Waals surface area contributed by atoms with Crippen LogP contribution in [0.4, 0.5) is 0 Å². The molecule has 0 fully saturated rings. The van der Waals surface area contributed by atoms with Gasteiger partial charge in [0.05, 0.1) is 6.10 Å². The maximum Gasteiger partial charge on any atom is 0.124 e. The number of nitrogens with one attached hydrogen (secondary N) is 1. The third-order valence-corrected chi connectivity index (χ3v) is 2.93. The molecule has 0 aromatic heterocycles. The molecule has 0 saturated heterocycles. The number of hydrogen-bond acceptors (Lipinski definition) is 2. The Bertz CT molecular complexity index is 353. The minimum Gasteiger partial charge on any atom is -0.490 e. The lowest BCUT2D eigenvalue weighted by Crippen LogP contribution is -2.31. The van der Waals surface area contributed by atoms with E-state index in [-0.39, 0.29) is 6.10 Å². The van der Waals surface area contributed by atoms with Crippen LogP contribution in [0.5, 0.6) is 5.75 Å². The van der Waals surface area contributed by atoms with Crippen LogP contribution in [-0.4, -0.2) is 12.6 Å². The summed E-state index contributed by atoms with van der Waals surface area (Å²) in [6.45, 7) is 5.18. The van der Waals surface area contributed by atoms with Crippen LogP contribution in [0.1, 0.15) is 31.9 Å². The maximum absolute atomic E-state index is 6.00. The molecule has 0 bridgehead atoms. The van der Waals surface area contributed by atoms with Gasteiger partial charge in [-0.25, -0.2) is 0 Å². The zero-order chi connectivity index (χ0) is 10.8. The van der Waals surface area contributed by atoms with Crippen LogP contribution >= 0.6 is 11.6 Å². The Balaban J connectivity index is 2.34. The average Bonchev–Trinajstić information content (AvgIpc) is 2.19. The van der Waals surface area contributed by atoms with E-state index in [0.29, 0.717) is 6.04 Å². The van der Waals surface area contributed by atoms with E-state index in [1.165, 1.54) is 5.56 Å². The molecule has 1 aromatic rings. The highest BCUT2D eigenvalue weighted by Gasteiger charge is 2.25. The summed E-state index contributed by atoms with van der Waals surface area (Å²) in [5, 5.41) is 4.23.